The normalized spacial score (nSPS) is 19.2. The van der Waals surface area contributed by atoms with E-state index in [1.165, 1.54) is 5.56 Å². The maximum absolute atomic E-state index is 10.1. The van der Waals surface area contributed by atoms with Crippen molar-refractivity contribution in [2.45, 2.75) is 31.8 Å². The van der Waals surface area contributed by atoms with Crippen LogP contribution in [0, 0.1) is 5.92 Å². The van der Waals surface area contributed by atoms with Gasteiger partial charge in [0.05, 0.1) is 6.10 Å². The Hall–Kier alpha value is -0.380. The molecule has 0 radical (unpaired) electrons. The van der Waals surface area contributed by atoms with E-state index in [2.05, 4.69) is 28.1 Å². The lowest BCUT2D eigenvalue weighted by molar-refractivity contribution is 0.0439. The average Bonchev–Trinajstić information content (AvgIpc) is 2.30. The lowest BCUT2D eigenvalue weighted by Gasteiger charge is -2.24. The minimum atomic E-state index is -0.229. The van der Waals surface area contributed by atoms with E-state index in [-0.39, 0.29) is 6.10 Å². The molecule has 1 aromatic carbocycles. The molecule has 1 N–H and O–H groups in total. The van der Waals surface area contributed by atoms with E-state index in [1.807, 2.05) is 12.1 Å². The van der Waals surface area contributed by atoms with Crippen molar-refractivity contribution in [3.8, 4) is 0 Å². The molecule has 1 fully saturated rings. The van der Waals surface area contributed by atoms with Crippen LogP contribution in [0.4, 0.5) is 0 Å². The van der Waals surface area contributed by atoms with E-state index in [9.17, 15) is 5.11 Å². The zero-order chi connectivity index (χ0) is 12.1. The first-order valence-corrected chi connectivity index (χ1v) is 7.03. The fourth-order valence-corrected chi connectivity index (χ4v) is 2.83. The molecule has 0 bridgehead atoms. The fourth-order valence-electron chi connectivity index (χ4n) is 2.39. The maximum Gasteiger partial charge on any atom is 0.0583 e. The van der Waals surface area contributed by atoms with E-state index in [0.29, 0.717) is 5.92 Å². The summed E-state index contributed by atoms with van der Waals surface area (Å²) in [7, 11) is 0. The SMILES string of the molecule is OC(Cc1cccc(Br)c1)CC1CCOCC1. The minimum absolute atomic E-state index is 0.229. The van der Waals surface area contributed by atoms with Crippen molar-refractivity contribution >= 4 is 15.9 Å². The third kappa shape index (κ3) is 4.41. The molecule has 94 valence electrons. The van der Waals surface area contributed by atoms with Gasteiger partial charge in [-0.15, -0.1) is 0 Å². The molecule has 0 amide bonds. The first-order chi connectivity index (χ1) is 8.24. The van der Waals surface area contributed by atoms with Crippen LogP contribution in [0.5, 0.6) is 0 Å². The molecular weight excluding hydrogens is 280 g/mol. The number of benzene rings is 1. The van der Waals surface area contributed by atoms with E-state index < -0.39 is 0 Å². The number of aliphatic hydroxyl groups excluding tert-OH is 1. The Morgan fingerprint density at radius 2 is 2.12 bits per heavy atom. The van der Waals surface area contributed by atoms with Crippen LogP contribution in [-0.2, 0) is 11.2 Å². The Bertz CT molecular complexity index is 348. The first kappa shape index (κ1) is 13.1. The van der Waals surface area contributed by atoms with Gasteiger partial charge >= 0.3 is 0 Å². The molecule has 0 aromatic heterocycles. The van der Waals surface area contributed by atoms with Gasteiger partial charge in [0.1, 0.15) is 0 Å². The topological polar surface area (TPSA) is 29.5 Å². The van der Waals surface area contributed by atoms with E-state index in [1.54, 1.807) is 0 Å². The largest absolute Gasteiger partial charge is 0.393 e. The second kappa shape index (κ2) is 6.53. The summed E-state index contributed by atoms with van der Waals surface area (Å²) in [4.78, 5) is 0. The van der Waals surface area contributed by atoms with Gasteiger partial charge in [-0.3, -0.25) is 0 Å². The Morgan fingerprint density at radius 3 is 2.82 bits per heavy atom. The van der Waals surface area contributed by atoms with Crippen LogP contribution in [0.15, 0.2) is 28.7 Å². The summed E-state index contributed by atoms with van der Waals surface area (Å²) in [6, 6.07) is 8.17. The van der Waals surface area contributed by atoms with Crippen LogP contribution >= 0.6 is 15.9 Å². The van der Waals surface area contributed by atoms with E-state index in [0.717, 1.165) is 43.4 Å². The summed E-state index contributed by atoms with van der Waals surface area (Å²) in [5, 5.41) is 10.1. The highest BCUT2D eigenvalue weighted by molar-refractivity contribution is 9.10. The van der Waals surface area contributed by atoms with Crippen LogP contribution in [0.2, 0.25) is 0 Å². The van der Waals surface area contributed by atoms with Gasteiger partial charge in [-0.2, -0.15) is 0 Å². The number of hydrogen-bond acceptors (Lipinski definition) is 2. The lowest BCUT2D eigenvalue weighted by atomic mass is 9.91. The molecule has 0 saturated carbocycles. The monoisotopic (exact) mass is 298 g/mol. The second-order valence-corrected chi connectivity index (χ2v) is 5.69. The Balaban J connectivity index is 1.82. The molecule has 1 unspecified atom stereocenters. The summed E-state index contributed by atoms with van der Waals surface area (Å²) in [6.07, 6.45) is 3.60. The molecule has 0 spiro atoms. The van der Waals surface area contributed by atoms with Gasteiger partial charge in [0.2, 0.25) is 0 Å². The molecule has 2 nitrogen and oxygen atoms in total. The molecular formula is C14H19BrO2. The Labute approximate surface area is 111 Å². The van der Waals surface area contributed by atoms with Gasteiger partial charge in [-0.1, -0.05) is 28.1 Å². The second-order valence-electron chi connectivity index (χ2n) is 4.78. The summed E-state index contributed by atoms with van der Waals surface area (Å²) in [6.45, 7) is 1.71. The Kier molecular flexibility index (Phi) is 5.01. The smallest absolute Gasteiger partial charge is 0.0583 e. The van der Waals surface area contributed by atoms with Gasteiger partial charge in [-0.25, -0.2) is 0 Å². The predicted molar refractivity (Wildman–Crippen MR) is 72.0 cm³/mol. The van der Waals surface area contributed by atoms with Gasteiger partial charge in [-0.05, 0) is 49.3 Å². The van der Waals surface area contributed by atoms with Crippen molar-refractivity contribution in [1.82, 2.24) is 0 Å². The third-order valence-electron chi connectivity index (χ3n) is 3.31. The average molecular weight is 299 g/mol. The highest BCUT2D eigenvalue weighted by Crippen LogP contribution is 2.22. The number of aliphatic hydroxyl groups is 1. The van der Waals surface area contributed by atoms with Gasteiger partial charge in [0.25, 0.3) is 0 Å². The number of hydrogen-bond donors (Lipinski definition) is 1. The van der Waals surface area contributed by atoms with Gasteiger partial charge in [0, 0.05) is 17.7 Å². The van der Waals surface area contributed by atoms with Gasteiger partial charge in [0.15, 0.2) is 0 Å². The third-order valence-corrected chi connectivity index (χ3v) is 3.80. The van der Waals surface area contributed by atoms with Crippen LogP contribution in [-0.4, -0.2) is 24.4 Å². The highest BCUT2D eigenvalue weighted by atomic mass is 79.9. The van der Waals surface area contributed by atoms with Crippen LogP contribution < -0.4 is 0 Å². The molecule has 2 rings (SSSR count). The van der Waals surface area contributed by atoms with Crippen molar-refractivity contribution in [1.29, 1.82) is 0 Å². The molecule has 1 atom stereocenters. The minimum Gasteiger partial charge on any atom is -0.393 e. The zero-order valence-corrected chi connectivity index (χ0v) is 11.5. The number of ether oxygens (including phenoxy) is 1. The standard InChI is InChI=1S/C14H19BrO2/c15-13-3-1-2-12(8-13)10-14(16)9-11-4-6-17-7-5-11/h1-3,8,11,14,16H,4-7,9-10H2. The molecule has 1 saturated heterocycles. The van der Waals surface area contributed by atoms with Gasteiger partial charge < -0.3 is 9.84 Å². The maximum atomic E-state index is 10.1. The van der Waals surface area contributed by atoms with Crippen molar-refractivity contribution in [3.05, 3.63) is 34.3 Å². The summed E-state index contributed by atoms with van der Waals surface area (Å²) >= 11 is 3.45. The number of halogens is 1. The first-order valence-electron chi connectivity index (χ1n) is 6.24. The Morgan fingerprint density at radius 1 is 1.35 bits per heavy atom. The van der Waals surface area contributed by atoms with Crippen molar-refractivity contribution in [2.75, 3.05) is 13.2 Å². The zero-order valence-electron chi connectivity index (χ0n) is 9.94. The quantitative estimate of drug-likeness (QED) is 0.925. The molecule has 1 aliphatic rings. The molecule has 3 heteroatoms. The lowest BCUT2D eigenvalue weighted by Crippen LogP contribution is -2.22. The van der Waals surface area contributed by atoms with Crippen molar-refractivity contribution in [2.24, 2.45) is 5.92 Å². The summed E-state index contributed by atoms with van der Waals surface area (Å²) in [5.74, 6) is 0.630. The summed E-state index contributed by atoms with van der Waals surface area (Å²) < 4.78 is 6.40. The van der Waals surface area contributed by atoms with E-state index >= 15 is 0 Å². The van der Waals surface area contributed by atoms with Crippen LogP contribution in [0.3, 0.4) is 0 Å². The molecule has 1 heterocycles. The molecule has 1 aromatic rings. The van der Waals surface area contributed by atoms with Crippen LogP contribution in [0.25, 0.3) is 0 Å². The van der Waals surface area contributed by atoms with E-state index in [4.69, 9.17) is 4.74 Å². The van der Waals surface area contributed by atoms with Crippen LogP contribution in [0.1, 0.15) is 24.8 Å². The molecule has 0 aliphatic carbocycles. The molecule has 1 aliphatic heterocycles. The van der Waals surface area contributed by atoms with Crippen molar-refractivity contribution < 1.29 is 9.84 Å². The molecule has 17 heavy (non-hydrogen) atoms. The fraction of sp³-hybridized carbons (Fsp3) is 0.571. The summed E-state index contributed by atoms with van der Waals surface area (Å²) in [5.41, 5.74) is 1.19. The predicted octanol–water partition coefficient (Wildman–Crippen LogP) is 3.17. The highest BCUT2D eigenvalue weighted by Gasteiger charge is 2.18. The van der Waals surface area contributed by atoms with Crippen molar-refractivity contribution in [3.63, 3.8) is 0 Å². The number of rotatable bonds is 4.